The molecule has 1 N–H and O–H groups in total. The van der Waals surface area contributed by atoms with Gasteiger partial charge in [0.25, 0.3) is 0 Å². The maximum absolute atomic E-state index is 13.1. The summed E-state index contributed by atoms with van der Waals surface area (Å²) in [6, 6.07) is 22.1. The van der Waals surface area contributed by atoms with E-state index in [4.69, 9.17) is 4.99 Å². The number of fused-ring (bicyclic) bond motifs is 1. The highest BCUT2D eigenvalue weighted by molar-refractivity contribution is 7.89. The van der Waals surface area contributed by atoms with Gasteiger partial charge < -0.3 is 10.2 Å². The Balaban J connectivity index is 1.83. The van der Waals surface area contributed by atoms with Crippen molar-refractivity contribution in [1.29, 1.82) is 0 Å². The average Bonchev–Trinajstić information content (AvgIpc) is 3.13. The molecule has 0 aliphatic carbocycles. The van der Waals surface area contributed by atoms with Crippen molar-refractivity contribution in [1.82, 2.24) is 9.21 Å². The minimum absolute atomic E-state index is 0.137. The lowest BCUT2D eigenvalue weighted by Crippen LogP contribution is -2.23. The van der Waals surface area contributed by atoms with Crippen LogP contribution in [0.25, 0.3) is 0 Å². The molecule has 1 aliphatic rings. The molecule has 4 rings (SSSR count). The predicted octanol–water partition coefficient (Wildman–Crippen LogP) is 3.86. The van der Waals surface area contributed by atoms with Gasteiger partial charge in [0.05, 0.1) is 16.3 Å². The first-order valence-electron chi connectivity index (χ1n) is 10.9. The van der Waals surface area contributed by atoms with Crippen LogP contribution in [-0.2, 0) is 21.4 Å². The summed E-state index contributed by atoms with van der Waals surface area (Å²) in [4.78, 5) is 20.3. The second kappa shape index (κ2) is 9.50. The Kier molecular flexibility index (Phi) is 6.65. The topological polar surface area (TPSA) is 82.1 Å². The number of nitrogens with one attached hydrogen (secondary N) is 1. The van der Waals surface area contributed by atoms with Gasteiger partial charge in [0, 0.05) is 26.3 Å². The van der Waals surface area contributed by atoms with Crippen molar-refractivity contribution in [3.63, 3.8) is 0 Å². The molecule has 0 saturated heterocycles. The second-order valence-electron chi connectivity index (χ2n) is 8.73. The Morgan fingerprint density at radius 1 is 0.941 bits per heavy atom. The van der Waals surface area contributed by atoms with Crippen LogP contribution in [0.1, 0.15) is 22.6 Å². The van der Waals surface area contributed by atoms with Crippen molar-refractivity contribution in [2.75, 3.05) is 33.5 Å². The Hall–Kier alpha value is -3.33. The summed E-state index contributed by atoms with van der Waals surface area (Å²) in [6.45, 7) is 0.817. The molecule has 1 atom stereocenters. The van der Waals surface area contributed by atoms with E-state index in [2.05, 4.69) is 10.2 Å². The van der Waals surface area contributed by atoms with Crippen LogP contribution in [0.2, 0.25) is 0 Å². The normalized spacial score (nSPS) is 16.1. The summed E-state index contributed by atoms with van der Waals surface area (Å²) in [6.07, 6.45) is 0. The molecule has 1 unspecified atom stereocenters. The highest BCUT2D eigenvalue weighted by atomic mass is 32.2. The molecule has 0 radical (unpaired) electrons. The monoisotopic (exact) mass is 476 g/mol. The number of aliphatic imine (C=N–C) groups is 1. The molecule has 1 aliphatic heterocycles. The third kappa shape index (κ3) is 4.79. The molecule has 34 heavy (non-hydrogen) atoms. The zero-order chi connectivity index (χ0) is 24.5. The van der Waals surface area contributed by atoms with Gasteiger partial charge in [0.2, 0.25) is 15.9 Å². The van der Waals surface area contributed by atoms with E-state index < -0.39 is 15.9 Å². The van der Waals surface area contributed by atoms with Crippen LogP contribution >= 0.6 is 0 Å². The van der Waals surface area contributed by atoms with E-state index in [9.17, 15) is 13.2 Å². The summed E-state index contributed by atoms with van der Waals surface area (Å²) in [7, 11) is 3.35. The molecule has 1 heterocycles. The van der Waals surface area contributed by atoms with Crippen LogP contribution < -0.4 is 5.32 Å². The average molecular weight is 477 g/mol. The smallest absolute Gasteiger partial charge is 0.242 e. The van der Waals surface area contributed by atoms with Crippen LogP contribution in [0.4, 0.5) is 11.4 Å². The Morgan fingerprint density at radius 3 is 2.24 bits per heavy atom. The van der Waals surface area contributed by atoms with Gasteiger partial charge >= 0.3 is 0 Å². The van der Waals surface area contributed by atoms with E-state index in [1.54, 1.807) is 12.1 Å². The Morgan fingerprint density at radius 2 is 1.62 bits per heavy atom. The summed E-state index contributed by atoms with van der Waals surface area (Å²) in [5.74, 6) is -0.975. The molecule has 8 heteroatoms. The molecule has 0 saturated carbocycles. The summed E-state index contributed by atoms with van der Waals surface area (Å²) in [5.41, 5.74) is 4.44. The van der Waals surface area contributed by atoms with Gasteiger partial charge in [-0.05, 0) is 61.1 Å². The van der Waals surface area contributed by atoms with Crippen molar-refractivity contribution in [2.24, 2.45) is 4.99 Å². The minimum atomic E-state index is -3.65. The highest BCUT2D eigenvalue weighted by Crippen LogP contribution is 2.38. The van der Waals surface area contributed by atoms with E-state index in [0.29, 0.717) is 17.0 Å². The third-order valence-electron chi connectivity index (χ3n) is 5.66. The highest BCUT2D eigenvalue weighted by Gasteiger charge is 2.36. The van der Waals surface area contributed by atoms with Gasteiger partial charge in [0.1, 0.15) is 5.92 Å². The zero-order valence-electron chi connectivity index (χ0n) is 19.7. The van der Waals surface area contributed by atoms with E-state index in [0.717, 1.165) is 27.7 Å². The number of anilines is 1. The fourth-order valence-electron chi connectivity index (χ4n) is 3.97. The van der Waals surface area contributed by atoms with E-state index in [-0.39, 0.29) is 10.8 Å². The number of amides is 1. The van der Waals surface area contributed by atoms with Crippen molar-refractivity contribution >= 4 is 33.0 Å². The maximum atomic E-state index is 13.1. The molecule has 3 aromatic rings. The molecule has 176 valence electrons. The Labute approximate surface area is 200 Å². The van der Waals surface area contributed by atoms with Gasteiger partial charge in [-0.3, -0.25) is 9.79 Å². The number of hydrogen-bond acceptors (Lipinski definition) is 5. The lowest BCUT2D eigenvalue weighted by atomic mass is 9.90. The summed E-state index contributed by atoms with van der Waals surface area (Å²) >= 11 is 0. The van der Waals surface area contributed by atoms with Crippen molar-refractivity contribution in [3.05, 3.63) is 89.5 Å². The van der Waals surface area contributed by atoms with Crippen molar-refractivity contribution < 1.29 is 13.2 Å². The van der Waals surface area contributed by atoms with Crippen molar-refractivity contribution in [2.45, 2.75) is 17.4 Å². The van der Waals surface area contributed by atoms with Crippen LogP contribution in [0.5, 0.6) is 0 Å². The number of nitrogens with zero attached hydrogens (tertiary/aromatic N) is 3. The van der Waals surface area contributed by atoms with E-state index >= 15 is 0 Å². The number of rotatable bonds is 7. The first-order chi connectivity index (χ1) is 16.2. The van der Waals surface area contributed by atoms with Crippen LogP contribution in [0.15, 0.2) is 82.7 Å². The molecular weight excluding hydrogens is 448 g/mol. The summed E-state index contributed by atoms with van der Waals surface area (Å²) in [5, 5.41) is 2.89. The van der Waals surface area contributed by atoms with E-state index in [1.807, 2.05) is 68.7 Å². The first-order valence-corrected chi connectivity index (χ1v) is 12.4. The predicted molar refractivity (Wildman–Crippen MR) is 135 cm³/mol. The number of carbonyl (C=O) groups excluding carboxylic acids is 1. The molecule has 0 fully saturated rings. The molecule has 1 amide bonds. The Bertz CT molecular complexity index is 1330. The fraction of sp³-hybridized carbons (Fsp3) is 0.231. The minimum Gasteiger partial charge on any atom is -0.325 e. The molecule has 0 spiro atoms. The number of hydrogen-bond donors (Lipinski definition) is 1. The number of sulfonamides is 1. The fourth-order valence-corrected chi connectivity index (χ4v) is 4.90. The second-order valence-corrected chi connectivity index (χ2v) is 10.9. The van der Waals surface area contributed by atoms with Crippen LogP contribution in [0.3, 0.4) is 0 Å². The SMILES string of the molecule is CN(C)Cc1ccc(N=C(c2ccccc2)C2C(=O)Nc3ccc(S(=O)(=O)N(C)C)cc32)cc1. The molecule has 3 aromatic carbocycles. The molecule has 7 nitrogen and oxygen atoms in total. The first kappa shape index (κ1) is 23.8. The molecular formula is C26H28N4O3S. The van der Waals surface area contributed by atoms with Gasteiger partial charge in [-0.25, -0.2) is 12.7 Å². The lowest BCUT2D eigenvalue weighted by molar-refractivity contribution is -0.115. The van der Waals surface area contributed by atoms with Crippen molar-refractivity contribution in [3.8, 4) is 0 Å². The summed E-state index contributed by atoms with van der Waals surface area (Å²) < 4.78 is 26.7. The van der Waals surface area contributed by atoms with Gasteiger partial charge in [-0.1, -0.05) is 42.5 Å². The van der Waals surface area contributed by atoms with E-state index in [1.165, 1.54) is 20.2 Å². The van der Waals surface area contributed by atoms with Gasteiger partial charge in [-0.15, -0.1) is 0 Å². The van der Waals surface area contributed by atoms with Crippen LogP contribution in [0, 0.1) is 0 Å². The van der Waals surface area contributed by atoms with Gasteiger partial charge in [-0.2, -0.15) is 0 Å². The largest absolute Gasteiger partial charge is 0.325 e. The molecule has 0 bridgehead atoms. The standard InChI is InChI=1S/C26H28N4O3S/c1-29(2)17-18-10-12-20(13-11-18)27-25(19-8-6-5-7-9-19)24-22-16-21(34(32,33)30(3)4)14-15-23(22)28-26(24)31/h5-16,24H,17H2,1-4H3,(H,28,31). The van der Waals surface area contributed by atoms with Crippen LogP contribution in [-0.4, -0.2) is 57.4 Å². The molecule has 0 aromatic heterocycles. The number of carbonyl (C=O) groups is 1. The lowest BCUT2D eigenvalue weighted by Gasteiger charge is -2.16. The van der Waals surface area contributed by atoms with Gasteiger partial charge in [0.15, 0.2) is 0 Å². The third-order valence-corrected chi connectivity index (χ3v) is 7.47. The number of benzene rings is 3. The maximum Gasteiger partial charge on any atom is 0.242 e. The quantitative estimate of drug-likeness (QED) is 0.525. The zero-order valence-corrected chi connectivity index (χ0v) is 20.5.